The highest BCUT2D eigenvalue weighted by atomic mass is 35.5. The topological polar surface area (TPSA) is 61.1 Å². The smallest absolute Gasteiger partial charge is 0.276 e. The molecule has 0 atom stereocenters. The molecule has 0 fully saturated rings. The van der Waals surface area contributed by atoms with Crippen molar-refractivity contribution in [2.24, 2.45) is 5.10 Å². The molecule has 0 saturated carbocycles. The number of rotatable bonds is 4. The predicted molar refractivity (Wildman–Crippen MR) is 109 cm³/mol. The Morgan fingerprint density at radius 3 is 2.62 bits per heavy atom. The Labute approximate surface area is 174 Å². The summed E-state index contributed by atoms with van der Waals surface area (Å²) < 4.78 is 38.7. The molecule has 0 unspecified atom stereocenters. The van der Waals surface area contributed by atoms with E-state index in [-0.39, 0.29) is 16.4 Å². The first kappa shape index (κ1) is 20.8. The van der Waals surface area contributed by atoms with E-state index in [4.69, 9.17) is 11.6 Å². The summed E-state index contributed by atoms with van der Waals surface area (Å²) in [6, 6.07) is 10.7. The van der Waals surface area contributed by atoms with E-state index in [9.17, 15) is 18.4 Å². The molecule has 148 valence electrons. The van der Waals surface area contributed by atoms with Gasteiger partial charge in [-0.15, -0.1) is 11.3 Å². The molecule has 0 aliphatic carbocycles. The van der Waals surface area contributed by atoms with Gasteiger partial charge in [0, 0.05) is 10.9 Å². The number of hydrazone groups is 1. The Hall–Kier alpha value is -2.89. The van der Waals surface area contributed by atoms with Crippen LogP contribution in [-0.2, 0) is 6.18 Å². The van der Waals surface area contributed by atoms with Crippen LogP contribution in [-0.4, -0.2) is 10.7 Å². The van der Waals surface area contributed by atoms with Crippen molar-refractivity contribution in [2.45, 2.75) is 20.0 Å². The number of aryl methyl sites for hydroxylation is 2. The van der Waals surface area contributed by atoms with Crippen LogP contribution in [0.25, 0.3) is 11.3 Å². The summed E-state index contributed by atoms with van der Waals surface area (Å²) in [7, 11) is 0. The van der Waals surface area contributed by atoms with E-state index in [1.165, 1.54) is 11.3 Å². The van der Waals surface area contributed by atoms with Gasteiger partial charge in [0.15, 0.2) is 10.7 Å². The summed E-state index contributed by atoms with van der Waals surface area (Å²) in [6.45, 7) is 3.96. The second-order valence-electron chi connectivity index (χ2n) is 6.23. The molecule has 0 aliphatic rings. The standard InChI is InChI=1S/C20H14ClF3N4S/c1-11-3-5-14(12(2)7-11)18-10-29-19(26-18)17(9-25)28-27-16-8-13(20(22,23)24)4-6-15(16)21/h3-8,10,27H,1-2H3/b28-17-. The number of nitrogens with one attached hydrogen (secondary N) is 1. The van der Waals surface area contributed by atoms with Gasteiger partial charge in [0.1, 0.15) is 6.07 Å². The van der Waals surface area contributed by atoms with E-state index in [1.54, 1.807) is 5.38 Å². The number of anilines is 1. The largest absolute Gasteiger partial charge is 0.416 e. The second-order valence-corrected chi connectivity index (χ2v) is 7.50. The van der Waals surface area contributed by atoms with Gasteiger partial charge >= 0.3 is 6.18 Å². The molecule has 0 amide bonds. The molecule has 9 heteroatoms. The van der Waals surface area contributed by atoms with Crippen LogP contribution >= 0.6 is 22.9 Å². The van der Waals surface area contributed by atoms with Gasteiger partial charge in [-0.25, -0.2) is 4.98 Å². The maximum Gasteiger partial charge on any atom is 0.416 e. The number of aromatic nitrogens is 1. The number of nitriles is 1. The number of benzene rings is 2. The van der Waals surface area contributed by atoms with E-state index in [2.05, 4.69) is 15.5 Å². The molecule has 0 aliphatic heterocycles. The van der Waals surface area contributed by atoms with E-state index < -0.39 is 11.7 Å². The summed E-state index contributed by atoms with van der Waals surface area (Å²) in [5.74, 6) is 0. The lowest BCUT2D eigenvalue weighted by atomic mass is 10.0. The lowest BCUT2D eigenvalue weighted by Gasteiger charge is -2.10. The number of alkyl halides is 3. The molecule has 0 bridgehead atoms. The van der Waals surface area contributed by atoms with Crippen molar-refractivity contribution < 1.29 is 13.2 Å². The van der Waals surface area contributed by atoms with Crippen LogP contribution in [0.3, 0.4) is 0 Å². The number of nitrogens with zero attached hydrogens (tertiary/aromatic N) is 3. The third-order valence-corrected chi connectivity index (χ3v) is 5.23. The summed E-state index contributed by atoms with van der Waals surface area (Å²) in [4.78, 5) is 4.45. The van der Waals surface area contributed by atoms with Crippen molar-refractivity contribution in [1.29, 1.82) is 5.26 Å². The minimum absolute atomic E-state index is 0.0501. The maximum absolute atomic E-state index is 12.9. The van der Waals surface area contributed by atoms with Crippen molar-refractivity contribution >= 4 is 34.3 Å². The van der Waals surface area contributed by atoms with E-state index in [0.29, 0.717) is 10.7 Å². The normalized spacial score (nSPS) is 12.0. The number of thiazole rings is 1. The molecule has 0 spiro atoms. The molecule has 2 aromatic carbocycles. The Morgan fingerprint density at radius 2 is 1.97 bits per heavy atom. The summed E-state index contributed by atoms with van der Waals surface area (Å²) in [5.41, 5.74) is 5.27. The van der Waals surface area contributed by atoms with Gasteiger partial charge in [0.2, 0.25) is 0 Å². The van der Waals surface area contributed by atoms with Crippen LogP contribution in [0, 0.1) is 25.2 Å². The monoisotopic (exact) mass is 434 g/mol. The van der Waals surface area contributed by atoms with Crippen LogP contribution in [0.5, 0.6) is 0 Å². The van der Waals surface area contributed by atoms with Gasteiger partial charge in [0.05, 0.1) is 22.0 Å². The Kier molecular flexibility index (Phi) is 5.91. The van der Waals surface area contributed by atoms with Crippen LogP contribution in [0.1, 0.15) is 21.7 Å². The average molecular weight is 435 g/mol. The molecular weight excluding hydrogens is 421 g/mol. The zero-order valence-corrected chi connectivity index (χ0v) is 16.9. The van der Waals surface area contributed by atoms with Gasteiger partial charge in [-0.3, -0.25) is 5.43 Å². The van der Waals surface area contributed by atoms with Crippen molar-refractivity contribution in [3.63, 3.8) is 0 Å². The lowest BCUT2D eigenvalue weighted by Crippen LogP contribution is -2.06. The van der Waals surface area contributed by atoms with Gasteiger partial charge in [-0.05, 0) is 37.6 Å². The number of hydrogen-bond acceptors (Lipinski definition) is 5. The maximum atomic E-state index is 12.9. The highest BCUT2D eigenvalue weighted by Crippen LogP contribution is 2.34. The molecule has 0 saturated heterocycles. The van der Waals surface area contributed by atoms with Crippen LogP contribution in [0.4, 0.5) is 18.9 Å². The first-order chi connectivity index (χ1) is 13.7. The summed E-state index contributed by atoms with van der Waals surface area (Å²) in [5, 5.41) is 15.5. The average Bonchev–Trinajstić information content (AvgIpc) is 3.12. The fourth-order valence-corrected chi connectivity index (χ4v) is 3.55. The molecule has 1 heterocycles. The third kappa shape index (κ3) is 4.75. The highest BCUT2D eigenvalue weighted by Gasteiger charge is 2.31. The van der Waals surface area contributed by atoms with E-state index in [0.717, 1.165) is 34.9 Å². The first-order valence-electron chi connectivity index (χ1n) is 8.33. The van der Waals surface area contributed by atoms with Crippen molar-refractivity contribution in [3.05, 3.63) is 68.5 Å². The minimum atomic E-state index is -4.51. The fraction of sp³-hybridized carbons (Fsp3) is 0.150. The molecule has 3 rings (SSSR count). The highest BCUT2D eigenvalue weighted by molar-refractivity contribution is 7.12. The molecule has 0 radical (unpaired) electrons. The Bertz CT molecular complexity index is 1130. The quantitative estimate of drug-likeness (QED) is 0.379. The van der Waals surface area contributed by atoms with Crippen molar-refractivity contribution in [2.75, 3.05) is 5.43 Å². The molecule has 4 nitrogen and oxygen atoms in total. The van der Waals surface area contributed by atoms with Gasteiger partial charge in [-0.2, -0.15) is 23.5 Å². The molecule has 1 N–H and O–H groups in total. The molecule has 3 aromatic rings. The SMILES string of the molecule is Cc1ccc(-c2csc(/C(C#N)=N\Nc3cc(C(F)(F)F)ccc3Cl)n2)c(C)c1. The second kappa shape index (κ2) is 8.23. The van der Waals surface area contributed by atoms with Crippen LogP contribution in [0.2, 0.25) is 5.02 Å². The van der Waals surface area contributed by atoms with Crippen molar-refractivity contribution in [3.8, 4) is 17.3 Å². The molecular formula is C20H14ClF3N4S. The summed E-state index contributed by atoms with van der Waals surface area (Å²) in [6.07, 6.45) is -4.51. The molecule has 1 aromatic heterocycles. The molecule has 29 heavy (non-hydrogen) atoms. The van der Waals surface area contributed by atoms with Crippen LogP contribution < -0.4 is 5.43 Å². The van der Waals surface area contributed by atoms with Gasteiger partial charge in [-0.1, -0.05) is 35.4 Å². The zero-order chi connectivity index (χ0) is 21.2. The number of halogens is 4. The Balaban J connectivity index is 1.89. The van der Waals surface area contributed by atoms with Gasteiger partial charge in [0.25, 0.3) is 0 Å². The fourth-order valence-electron chi connectivity index (χ4n) is 2.63. The van der Waals surface area contributed by atoms with Crippen molar-refractivity contribution in [1.82, 2.24) is 4.98 Å². The minimum Gasteiger partial charge on any atom is -0.276 e. The number of hydrogen-bond donors (Lipinski definition) is 1. The van der Waals surface area contributed by atoms with Gasteiger partial charge < -0.3 is 0 Å². The third-order valence-electron chi connectivity index (χ3n) is 4.05. The predicted octanol–water partition coefficient (Wildman–Crippen LogP) is 6.44. The first-order valence-corrected chi connectivity index (χ1v) is 9.59. The lowest BCUT2D eigenvalue weighted by molar-refractivity contribution is -0.137. The van der Waals surface area contributed by atoms with E-state index >= 15 is 0 Å². The zero-order valence-electron chi connectivity index (χ0n) is 15.3. The summed E-state index contributed by atoms with van der Waals surface area (Å²) >= 11 is 7.16. The van der Waals surface area contributed by atoms with Crippen LogP contribution in [0.15, 0.2) is 46.9 Å². The van der Waals surface area contributed by atoms with E-state index in [1.807, 2.05) is 38.1 Å². The Morgan fingerprint density at radius 1 is 1.21 bits per heavy atom.